The highest BCUT2D eigenvalue weighted by Gasteiger charge is 2.14. The van der Waals surface area contributed by atoms with E-state index in [1.54, 1.807) is 73.7 Å². The van der Waals surface area contributed by atoms with Crippen molar-refractivity contribution in [2.75, 3.05) is 11.9 Å². The maximum absolute atomic E-state index is 12.4. The second-order valence-corrected chi connectivity index (χ2v) is 8.05. The summed E-state index contributed by atoms with van der Waals surface area (Å²) >= 11 is 9.14. The van der Waals surface area contributed by atoms with Crippen LogP contribution in [0.15, 0.2) is 76.3 Å². The molecule has 3 aromatic carbocycles. The number of halogens is 2. The molecule has 3 aromatic rings. The molecular weight excluding hydrogens is 526 g/mol. The summed E-state index contributed by atoms with van der Waals surface area (Å²) in [6, 6.07) is 17.8. The molecule has 2 N–H and O–H groups in total. The summed E-state index contributed by atoms with van der Waals surface area (Å²) in [5.41, 5.74) is 3.51. The SMILES string of the molecule is CCOc1cc(/C=N/NC(=O)C(=O)Nc2ccc(Br)cc2)ccc1OC(=O)c1ccc(Cl)cc1. The fraction of sp³-hybridized carbons (Fsp3) is 0.0833. The fourth-order valence-electron chi connectivity index (χ4n) is 2.64. The Hall–Kier alpha value is -3.69. The maximum Gasteiger partial charge on any atom is 0.343 e. The molecule has 0 atom stereocenters. The molecule has 0 radical (unpaired) electrons. The van der Waals surface area contributed by atoms with Gasteiger partial charge in [-0.3, -0.25) is 9.59 Å². The van der Waals surface area contributed by atoms with Crippen LogP contribution in [0.5, 0.6) is 11.5 Å². The number of hydrazone groups is 1. The lowest BCUT2D eigenvalue weighted by Crippen LogP contribution is -2.32. The molecule has 0 aliphatic rings. The molecule has 3 rings (SSSR count). The van der Waals surface area contributed by atoms with Crippen LogP contribution in [0.25, 0.3) is 0 Å². The van der Waals surface area contributed by atoms with Crippen molar-refractivity contribution in [2.24, 2.45) is 5.10 Å². The molecule has 0 saturated heterocycles. The standard InChI is InChI=1S/C24H19BrClN3O5/c1-2-33-21-13-15(3-12-20(21)34-24(32)16-4-8-18(26)9-5-16)14-27-29-23(31)22(30)28-19-10-6-17(25)7-11-19/h3-14H,2H2,1H3,(H,28,30)(H,29,31)/b27-14+. The Morgan fingerprint density at radius 3 is 2.35 bits per heavy atom. The first-order valence-corrected chi connectivity index (χ1v) is 11.2. The van der Waals surface area contributed by atoms with Gasteiger partial charge in [0, 0.05) is 15.2 Å². The van der Waals surface area contributed by atoms with E-state index >= 15 is 0 Å². The number of esters is 1. The number of nitrogens with zero attached hydrogens (tertiary/aromatic N) is 1. The highest BCUT2D eigenvalue weighted by Crippen LogP contribution is 2.29. The lowest BCUT2D eigenvalue weighted by atomic mass is 10.2. The van der Waals surface area contributed by atoms with E-state index in [9.17, 15) is 14.4 Å². The van der Waals surface area contributed by atoms with Gasteiger partial charge in [-0.2, -0.15) is 5.10 Å². The zero-order chi connectivity index (χ0) is 24.5. The molecule has 0 fully saturated rings. The zero-order valence-corrected chi connectivity index (χ0v) is 20.2. The summed E-state index contributed by atoms with van der Waals surface area (Å²) < 4.78 is 11.8. The van der Waals surface area contributed by atoms with Gasteiger partial charge in [-0.15, -0.1) is 0 Å². The van der Waals surface area contributed by atoms with Gasteiger partial charge in [0.25, 0.3) is 0 Å². The summed E-state index contributed by atoms with van der Waals surface area (Å²) in [5, 5.41) is 6.77. The van der Waals surface area contributed by atoms with Crippen LogP contribution in [0, 0.1) is 0 Å². The molecule has 34 heavy (non-hydrogen) atoms. The van der Waals surface area contributed by atoms with E-state index in [-0.39, 0.29) is 5.75 Å². The van der Waals surface area contributed by atoms with Gasteiger partial charge in [0.15, 0.2) is 11.5 Å². The van der Waals surface area contributed by atoms with Crippen LogP contribution in [-0.4, -0.2) is 30.6 Å². The van der Waals surface area contributed by atoms with Crippen molar-refractivity contribution in [3.8, 4) is 11.5 Å². The Kier molecular flexibility index (Phi) is 8.78. The molecule has 0 aromatic heterocycles. The van der Waals surface area contributed by atoms with E-state index in [4.69, 9.17) is 21.1 Å². The van der Waals surface area contributed by atoms with Crippen LogP contribution < -0.4 is 20.2 Å². The molecule has 2 amide bonds. The summed E-state index contributed by atoms with van der Waals surface area (Å²) in [7, 11) is 0. The lowest BCUT2D eigenvalue weighted by Gasteiger charge is -2.11. The van der Waals surface area contributed by atoms with Crippen LogP contribution in [0.4, 0.5) is 5.69 Å². The number of nitrogens with one attached hydrogen (secondary N) is 2. The van der Waals surface area contributed by atoms with Crippen molar-refractivity contribution in [1.29, 1.82) is 0 Å². The van der Waals surface area contributed by atoms with Gasteiger partial charge in [-0.1, -0.05) is 27.5 Å². The minimum atomic E-state index is -0.933. The number of hydrogen-bond acceptors (Lipinski definition) is 6. The Morgan fingerprint density at radius 2 is 1.68 bits per heavy atom. The van der Waals surface area contributed by atoms with Crippen LogP contribution in [0.1, 0.15) is 22.8 Å². The van der Waals surface area contributed by atoms with Crippen molar-refractivity contribution < 1.29 is 23.9 Å². The first-order valence-electron chi connectivity index (χ1n) is 10.00. The van der Waals surface area contributed by atoms with E-state index in [1.807, 2.05) is 0 Å². The number of amides is 2. The molecule has 8 nitrogen and oxygen atoms in total. The molecule has 0 saturated carbocycles. The molecule has 0 heterocycles. The number of carbonyl (C=O) groups excluding carboxylic acids is 3. The largest absolute Gasteiger partial charge is 0.490 e. The number of ether oxygens (including phenoxy) is 2. The summed E-state index contributed by atoms with van der Waals surface area (Å²) in [4.78, 5) is 36.3. The smallest absolute Gasteiger partial charge is 0.343 e. The van der Waals surface area contributed by atoms with Crippen molar-refractivity contribution in [1.82, 2.24) is 5.43 Å². The Labute approximate surface area is 209 Å². The number of rotatable bonds is 7. The maximum atomic E-state index is 12.4. The second kappa shape index (κ2) is 12.0. The minimum Gasteiger partial charge on any atom is -0.490 e. The number of carbonyl (C=O) groups is 3. The first-order chi connectivity index (χ1) is 16.4. The summed E-state index contributed by atoms with van der Waals surface area (Å²) in [5.74, 6) is -1.83. The number of hydrogen-bond donors (Lipinski definition) is 2. The third-order valence-electron chi connectivity index (χ3n) is 4.24. The normalized spacial score (nSPS) is 10.6. The lowest BCUT2D eigenvalue weighted by molar-refractivity contribution is -0.136. The van der Waals surface area contributed by atoms with Crippen LogP contribution in [0.3, 0.4) is 0 Å². The van der Waals surface area contributed by atoms with E-state index in [2.05, 4.69) is 31.8 Å². The van der Waals surface area contributed by atoms with Gasteiger partial charge in [0.05, 0.1) is 18.4 Å². The van der Waals surface area contributed by atoms with Gasteiger partial charge in [0.1, 0.15) is 0 Å². The average molecular weight is 545 g/mol. The minimum absolute atomic E-state index is 0.219. The van der Waals surface area contributed by atoms with E-state index in [1.165, 1.54) is 6.21 Å². The van der Waals surface area contributed by atoms with Crippen molar-refractivity contribution in [3.63, 3.8) is 0 Å². The van der Waals surface area contributed by atoms with Crippen molar-refractivity contribution in [3.05, 3.63) is 87.4 Å². The molecule has 0 aliphatic heterocycles. The number of benzene rings is 3. The third kappa shape index (κ3) is 7.16. The third-order valence-corrected chi connectivity index (χ3v) is 5.02. The van der Waals surface area contributed by atoms with Crippen LogP contribution in [-0.2, 0) is 9.59 Å². The van der Waals surface area contributed by atoms with Gasteiger partial charge in [0.2, 0.25) is 0 Å². The summed E-state index contributed by atoms with van der Waals surface area (Å²) in [6.45, 7) is 2.12. The van der Waals surface area contributed by atoms with Crippen molar-refractivity contribution in [2.45, 2.75) is 6.92 Å². The number of anilines is 1. The molecular formula is C24H19BrClN3O5. The summed E-state index contributed by atoms with van der Waals surface area (Å²) in [6.07, 6.45) is 1.33. The van der Waals surface area contributed by atoms with Gasteiger partial charge in [-0.25, -0.2) is 10.2 Å². The molecule has 0 spiro atoms. The fourth-order valence-corrected chi connectivity index (χ4v) is 3.03. The first kappa shape index (κ1) is 24.9. The highest BCUT2D eigenvalue weighted by molar-refractivity contribution is 9.10. The average Bonchev–Trinajstić information content (AvgIpc) is 2.82. The van der Waals surface area contributed by atoms with E-state index in [0.29, 0.717) is 34.2 Å². The molecule has 0 bridgehead atoms. The Balaban J connectivity index is 1.62. The Bertz CT molecular complexity index is 1210. The van der Waals surface area contributed by atoms with Gasteiger partial charge < -0.3 is 14.8 Å². The monoisotopic (exact) mass is 543 g/mol. The molecule has 10 heteroatoms. The van der Waals surface area contributed by atoms with E-state index in [0.717, 1.165) is 4.47 Å². The predicted octanol–water partition coefficient (Wildman–Crippen LogP) is 4.81. The molecule has 0 aliphatic carbocycles. The van der Waals surface area contributed by atoms with Gasteiger partial charge in [-0.05, 0) is 79.2 Å². The predicted molar refractivity (Wildman–Crippen MR) is 133 cm³/mol. The Morgan fingerprint density at radius 1 is 0.971 bits per heavy atom. The highest BCUT2D eigenvalue weighted by atomic mass is 79.9. The zero-order valence-electron chi connectivity index (χ0n) is 17.9. The molecule has 0 unspecified atom stereocenters. The van der Waals surface area contributed by atoms with E-state index < -0.39 is 17.8 Å². The van der Waals surface area contributed by atoms with Crippen molar-refractivity contribution >= 4 is 57.2 Å². The quantitative estimate of drug-likeness (QED) is 0.146. The van der Waals surface area contributed by atoms with Crippen LogP contribution in [0.2, 0.25) is 5.02 Å². The topological polar surface area (TPSA) is 106 Å². The second-order valence-electron chi connectivity index (χ2n) is 6.70. The van der Waals surface area contributed by atoms with Crippen LogP contribution >= 0.6 is 27.5 Å². The van der Waals surface area contributed by atoms with Gasteiger partial charge >= 0.3 is 17.8 Å². The molecule has 174 valence electrons.